The van der Waals surface area contributed by atoms with Crippen LogP contribution >= 0.6 is 21.6 Å². The van der Waals surface area contributed by atoms with Crippen molar-refractivity contribution < 1.29 is 71.4 Å². The molecule has 0 saturated carbocycles. The molecule has 2 rings (SSSR count). The Morgan fingerprint density at radius 2 is 1.18 bits per heavy atom. The molecule has 74 heavy (non-hydrogen) atoms. The van der Waals surface area contributed by atoms with Crippen LogP contribution in [0.25, 0.3) is 0 Å². The van der Waals surface area contributed by atoms with Gasteiger partial charge in [-0.25, -0.2) is 14.6 Å². The number of anilines is 1. The molecule has 0 fully saturated rings. The summed E-state index contributed by atoms with van der Waals surface area (Å²) in [5, 5.41) is 17.0. The summed E-state index contributed by atoms with van der Waals surface area (Å²) in [6, 6.07) is 9.66. The first-order valence-corrected chi connectivity index (χ1v) is 27.0. The van der Waals surface area contributed by atoms with E-state index in [-0.39, 0.29) is 64.1 Å². The molecule has 7 amide bonds. The molecule has 0 aliphatic carbocycles. The molecule has 0 radical (unpaired) electrons. The van der Waals surface area contributed by atoms with Gasteiger partial charge in [0.15, 0.2) is 0 Å². The molecule has 1 heterocycles. The number of carbonyl (C=O) groups excluding carboxylic acids is 6. The molecule has 0 aliphatic heterocycles. The fourth-order valence-corrected chi connectivity index (χ4v) is 7.78. The van der Waals surface area contributed by atoms with E-state index in [0.29, 0.717) is 129 Å². The monoisotopic (exact) mass is 1090 g/mol. The third-order valence-corrected chi connectivity index (χ3v) is 12.0. The molecule has 1 aromatic heterocycles. The Balaban J connectivity index is 1.43. The molecule has 0 saturated heterocycles. The van der Waals surface area contributed by atoms with Crippen molar-refractivity contribution in [2.24, 2.45) is 17.4 Å². The van der Waals surface area contributed by atoms with Gasteiger partial charge in [0.1, 0.15) is 23.7 Å². The standard InChI is InChI=1S/C48H79N9O15S2/c1-37(2)44(46(61)56-40(6-5-16-53-47(50)62)45(60)55-39-10-8-38(9-11-39)36-72-48(63)54-17-14-49)57-42(59)12-19-64-21-23-66-25-27-68-29-31-70-33-34-71-32-30-69-28-26-67-24-22-65-20-18-51-41(58)13-35-73-74-43-7-3-4-15-52-43/h3-4,7-11,15,37,40,44H,5-6,12-14,16-36,49H2,1-2H3,(H,51,58)(H,54,63)(H,55,60)(H,56,61)(H,57,59)(H3,50,53,62)/t40-,44-/m0/s1. The summed E-state index contributed by atoms with van der Waals surface area (Å²) >= 11 is 0. The van der Waals surface area contributed by atoms with E-state index in [9.17, 15) is 28.8 Å². The average Bonchev–Trinajstić information content (AvgIpc) is 3.39. The first-order valence-electron chi connectivity index (χ1n) is 24.7. The summed E-state index contributed by atoms with van der Waals surface area (Å²) in [5.41, 5.74) is 11.7. The van der Waals surface area contributed by atoms with Crippen LogP contribution in [0.1, 0.15) is 45.1 Å². The minimum atomic E-state index is -1.02. The van der Waals surface area contributed by atoms with Crippen LogP contribution < -0.4 is 43.4 Å². The van der Waals surface area contributed by atoms with Gasteiger partial charge in [0.2, 0.25) is 23.6 Å². The van der Waals surface area contributed by atoms with E-state index in [4.69, 9.17) is 54.1 Å². The fraction of sp³-hybridized carbons (Fsp3) is 0.646. The van der Waals surface area contributed by atoms with E-state index >= 15 is 0 Å². The number of rotatable bonds is 46. The van der Waals surface area contributed by atoms with E-state index in [1.165, 1.54) is 0 Å². The van der Waals surface area contributed by atoms with Crippen molar-refractivity contribution in [1.29, 1.82) is 0 Å². The summed E-state index contributed by atoms with van der Waals surface area (Å²) in [5.74, 6) is -1.10. The van der Waals surface area contributed by atoms with Gasteiger partial charge < -0.3 is 86.0 Å². The van der Waals surface area contributed by atoms with Crippen molar-refractivity contribution in [3.63, 3.8) is 0 Å². The van der Waals surface area contributed by atoms with Crippen molar-refractivity contribution in [3.05, 3.63) is 54.2 Å². The number of hydrogen-bond donors (Lipinski definition) is 8. The van der Waals surface area contributed by atoms with Crippen LogP contribution in [0.15, 0.2) is 53.7 Å². The Morgan fingerprint density at radius 3 is 1.70 bits per heavy atom. The fourth-order valence-electron chi connectivity index (χ4n) is 5.91. The van der Waals surface area contributed by atoms with E-state index in [2.05, 4.69) is 36.9 Å². The molecule has 2 atom stereocenters. The van der Waals surface area contributed by atoms with Gasteiger partial charge >= 0.3 is 12.1 Å². The molecular formula is C48H79N9O15S2. The Labute approximate surface area is 442 Å². The van der Waals surface area contributed by atoms with E-state index in [1.807, 2.05) is 18.2 Å². The third-order valence-electron chi connectivity index (χ3n) is 9.71. The summed E-state index contributed by atoms with van der Waals surface area (Å²) in [7, 11) is 3.16. The molecule has 1 aromatic carbocycles. The van der Waals surface area contributed by atoms with Crippen LogP contribution in [0.2, 0.25) is 0 Å². The highest BCUT2D eigenvalue weighted by Crippen LogP contribution is 2.29. The normalized spacial score (nSPS) is 11.9. The first kappa shape index (κ1) is 65.2. The second-order valence-electron chi connectivity index (χ2n) is 16.1. The maximum absolute atomic E-state index is 13.5. The van der Waals surface area contributed by atoms with Crippen LogP contribution in [0.3, 0.4) is 0 Å². The Bertz CT molecular complexity index is 1810. The van der Waals surface area contributed by atoms with Crippen molar-refractivity contribution in [2.45, 2.75) is 63.2 Å². The first-order chi connectivity index (χ1) is 36.0. The SMILES string of the molecule is CC(C)[C@H](NC(=O)CCOCCOCCOCCOCCOCCOCCOCCOCCNC(=O)CCSSc1ccccn1)C(=O)N[C@@H](CCCNC(N)=O)C(=O)Nc1ccc(COC(=O)NCCN)cc1. The molecule has 0 unspecified atom stereocenters. The number of nitrogens with zero attached hydrogens (tertiary/aromatic N) is 1. The second-order valence-corrected chi connectivity index (χ2v) is 18.5. The highest BCUT2D eigenvalue weighted by molar-refractivity contribution is 8.76. The second kappa shape index (κ2) is 44.4. The number of benzene rings is 1. The van der Waals surface area contributed by atoms with Crippen molar-refractivity contribution in [1.82, 2.24) is 31.6 Å². The molecular weight excluding hydrogens is 1010 g/mol. The molecule has 0 bridgehead atoms. The van der Waals surface area contributed by atoms with Crippen LogP contribution in [0.5, 0.6) is 0 Å². The van der Waals surface area contributed by atoms with Gasteiger partial charge in [-0.05, 0) is 59.4 Å². The zero-order chi connectivity index (χ0) is 53.7. The number of urea groups is 1. The number of nitrogens with two attached hydrogens (primary N) is 2. The van der Waals surface area contributed by atoms with Gasteiger partial charge in [0.05, 0.1) is 106 Å². The Hall–Kier alpha value is -4.87. The maximum Gasteiger partial charge on any atom is 0.407 e. The number of ether oxygens (including phenoxy) is 9. The van der Waals surface area contributed by atoms with Crippen molar-refractivity contribution >= 4 is 63.0 Å². The largest absolute Gasteiger partial charge is 0.445 e. The number of hydrogen-bond acceptors (Lipinski definition) is 19. The zero-order valence-corrected chi connectivity index (χ0v) is 44.4. The van der Waals surface area contributed by atoms with Crippen LogP contribution in [0, 0.1) is 5.92 Å². The molecule has 10 N–H and O–H groups in total. The minimum absolute atomic E-state index is 0.00494. The number of pyridine rings is 1. The molecule has 0 aliphatic rings. The highest BCUT2D eigenvalue weighted by Gasteiger charge is 2.29. The lowest BCUT2D eigenvalue weighted by atomic mass is 10.0. The van der Waals surface area contributed by atoms with Crippen molar-refractivity contribution in [2.75, 3.05) is 143 Å². The summed E-state index contributed by atoms with van der Waals surface area (Å²) in [6.45, 7) is 10.8. The average molecular weight is 1090 g/mol. The van der Waals surface area contributed by atoms with E-state index < -0.39 is 41.9 Å². The number of carbonyl (C=O) groups is 6. The lowest BCUT2D eigenvalue weighted by Crippen LogP contribution is -2.54. The predicted molar refractivity (Wildman–Crippen MR) is 279 cm³/mol. The number of primary amides is 1. The number of alkyl carbamates (subject to hydrolysis) is 1. The number of nitrogens with one attached hydrogen (secondary N) is 6. The lowest BCUT2D eigenvalue weighted by molar-refractivity contribution is -0.132. The molecule has 26 heteroatoms. The van der Waals surface area contributed by atoms with Gasteiger partial charge in [-0.15, -0.1) is 0 Å². The zero-order valence-electron chi connectivity index (χ0n) is 42.8. The third kappa shape index (κ3) is 36.1. The van der Waals surface area contributed by atoms with Gasteiger partial charge in [0, 0.05) is 56.7 Å². The van der Waals surface area contributed by atoms with Gasteiger partial charge in [-0.3, -0.25) is 19.2 Å². The van der Waals surface area contributed by atoms with Gasteiger partial charge in [-0.2, -0.15) is 0 Å². The molecule has 0 spiro atoms. The molecule has 418 valence electrons. The molecule has 24 nitrogen and oxygen atoms in total. The Morgan fingerprint density at radius 1 is 0.608 bits per heavy atom. The highest BCUT2D eigenvalue weighted by atomic mass is 33.1. The lowest BCUT2D eigenvalue weighted by Gasteiger charge is -2.25. The van der Waals surface area contributed by atoms with Gasteiger partial charge in [0.25, 0.3) is 0 Å². The smallest absolute Gasteiger partial charge is 0.407 e. The van der Waals surface area contributed by atoms with E-state index in [0.717, 1.165) is 5.03 Å². The predicted octanol–water partition coefficient (Wildman–Crippen LogP) is 1.75. The summed E-state index contributed by atoms with van der Waals surface area (Å²) < 4.78 is 49.2. The number of amides is 7. The van der Waals surface area contributed by atoms with Crippen LogP contribution in [-0.2, 0) is 68.4 Å². The minimum Gasteiger partial charge on any atom is -0.445 e. The topological polar surface area (TPSA) is 323 Å². The summed E-state index contributed by atoms with van der Waals surface area (Å²) in [6.07, 6.45) is 2.05. The number of aromatic nitrogens is 1. The van der Waals surface area contributed by atoms with Gasteiger partial charge in [-0.1, -0.05) is 42.8 Å². The maximum atomic E-state index is 13.5. The Kier molecular flexibility index (Phi) is 39.2. The van der Waals surface area contributed by atoms with E-state index in [1.54, 1.807) is 65.9 Å². The van der Waals surface area contributed by atoms with Crippen LogP contribution in [-0.4, -0.2) is 190 Å². The summed E-state index contributed by atoms with van der Waals surface area (Å²) in [4.78, 5) is 78.7. The quantitative estimate of drug-likeness (QED) is 0.0346. The molecule has 2 aromatic rings. The van der Waals surface area contributed by atoms with Crippen molar-refractivity contribution in [3.8, 4) is 0 Å². The van der Waals surface area contributed by atoms with Crippen LogP contribution in [0.4, 0.5) is 15.3 Å².